The van der Waals surface area contributed by atoms with Gasteiger partial charge in [0.1, 0.15) is 17.4 Å². The fourth-order valence-electron chi connectivity index (χ4n) is 4.70. The number of aromatic nitrogens is 2. The van der Waals surface area contributed by atoms with Gasteiger partial charge >= 0.3 is 0 Å². The molecule has 0 saturated carbocycles. The van der Waals surface area contributed by atoms with E-state index in [2.05, 4.69) is 38.8 Å². The molecule has 5 heterocycles. The van der Waals surface area contributed by atoms with Gasteiger partial charge in [0.2, 0.25) is 0 Å². The van der Waals surface area contributed by atoms with Gasteiger partial charge in [-0.2, -0.15) is 5.26 Å². The Morgan fingerprint density at radius 3 is 2.53 bits per heavy atom. The summed E-state index contributed by atoms with van der Waals surface area (Å²) in [6.07, 6.45) is 6.20. The number of nitrogens with zero attached hydrogens (tertiary/aromatic N) is 4. The molecule has 3 saturated heterocycles. The molecule has 6 rings (SSSR count). The summed E-state index contributed by atoms with van der Waals surface area (Å²) in [5, 5.41) is 20.2. The van der Waals surface area contributed by atoms with E-state index in [0.717, 1.165) is 54.7 Å². The number of nitriles is 1. The monoisotopic (exact) mass is 420 g/mol. The minimum Gasteiger partial charge on any atom is -0.376 e. The zero-order valence-corrected chi connectivity index (χ0v) is 17.8. The fourth-order valence-corrected chi connectivity index (χ4v) is 4.70. The lowest BCUT2D eigenvalue weighted by Crippen LogP contribution is -2.58. The highest BCUT2D eigenvalue weighted by Gasteiger charge is 2.44. The second kappa shape index (κ2) is 8.55. The molecule has 3 aliphatic heterocycles. The largest absolute Gasteiger partial charge is 0.376 e. The van der Waals surface area contributed by atoms with Crippen LogP contribution in [-0.4, -0.2) is 45.2 Å². The van der Waals surface area contributed by atoms with Gasteiger partial charge in [0.25, 0.3) is 0 Å². The molecule has 5 heteroatoms. The molecular weight excluding hydrogens is 396 g/mol. The molecular formula is C27H24N4O. The molecule has 1 unspecified atom stereocenters. The molecule has 3 aliphatic rings. The Labute approximate surface area is 188 Å². The summed E-state index contributed by atoms with van der Waals surface area (Å²) in [6, 6.07) is 17.9. The van der Waals surface area contributed by atoms with Gasteiger partial charge in [0, 0.05) is 36.0 Å². The average molecular weight is 421 g/mol. The maximum atomic E-state index is 11.2. The van der Waals surface area contributed by atoms with Crippen molar-refractivity contribution in [1.29, 1.82) is 5.26 Å². The molecule has 2 bridgehead atoms. The summed E-state index contributed by atoms with van der Waals surface area (Å²) < 4.78 is 0. The summed E-state index contributed by atoms with van der Waals surface area (Å²) >= 11 is 0. The normalized spacial score (nSPS) is 23.8. The van der Waals surface area contributed by atoms with E-state index in [1.807, 2.05) is 36.4 Å². The molecule has 1 aromatic carbocycles. The maximum absolute atomic E-state index is 11.2. The molecule has 5 nitrogen and oxygen atoms in total. The predicted octanol–water partition coefficient (Wildman–Crippen LogP) is 3.41. The van der Waals surface area contributed by atoms with Crippen LogP contribution in [-0.2, 0) is 6.42 Å². The Morgan fingerprint density at radius 1 is 1.06 bits per heavy atom. The minimum absolute atomic E-state index is 0.245. The van der Waals surface area contributed by atoms with Crippen LogP contribution in [0.15, 0.2) is 60.9 Å². The van der Waals surface area contributed by atoms with Crippen LogP contribution in [0.3, 0.4) is 0 Å². The number of hydrogen-bond acceptors (Lipinski definition) is 5. The summed E-state index contributed by atoms with van der Waals surface area (Å²) in [5.74, 6) is 6.74. The second-order valence-electron chi connectivity index (χ2n) is 8.66. The zero-order chi connectivity index (χ0) is 22.0. The predicted molar refractivity (Wildman–Crippen MR) is 122 cm³/mol. The number of fused-ring (bicyclic) bond motifs is 3. The third kappa shape index (κ3) is 4.14. The van der Waals surface area contributed by atoms with Crippen LogP contribution in [0.4, 0.5) is 0 Å². The Hall–Kier alpha value is -3.51. The van der Waals surface area contributed by atoms with Crippen LogP contribution in [0, 0.1) is 29.1 Å². The number of aliphatic hydroxyl groups is 1. The van der Waals surface area contributed by atoms with E-state index in [0.29, 0.717) is 12.2 Å². The first-order chi connectivity index (χ1) is 15.6. The molecule has 32 heavy (non-hydrogen) atoms. The Morgan fingerprint density at radius 2 is 1.88 bits per heavy atom. The zero-order valence-electron chi connectivity index (χ0n) is 17.8. The molecule has 3 fully saturated rings. The highest BCUT2D eigenvalue weighted by molar-refractivity contribution is 5.61. The van der Waals surface area contributed by atoms with Crippen LogP contribution in [0.1, 0.15) is 35.2 Å². The first kappa shape index (κ1) is 20.4. The van der Waals surface area contributed by atoms with Crippen LogP contribution >= 0.6 is 0 Å². The van der Waals surface area contributed by atoms with E-state index in [9.17, 15) is 5.11 Å². The number of rotatable bonds is 3. The van der Waals surface area contributed by atoms with Crippen molar-refractivity contribution in [3.63, 3.8) is 0 Å². The van der Waals surface area contributed by atoms with Gasteiger partial charge in [-0.25, -0.2) is 4.98 Å². The third-order valence-electron chi connectivity index (χ3n) is 6.54. The minimum atomic E-state index is -0.948. The van der Waals surface area contributed by atoms with Crippen molar-refractivity contribution in [2.24, 2.45) is 5.92 Å². The lowest BCUT2D eigenvalue weighted by molar-refractivity contribution is -0.0713. The molecule has 0 aliphatic carbocycles. The van der Waals surface area contributed by atoms with Crippen molar-refractivity contribution >= 4 is 0 Å². The van der Waals surface area contributed by atoms with Crippen molar-refractivity contribution in [1.82, 2.24) is 14.9 Å². The van der Waals surface area contributed by atoms with Gasteiger partial charge in [0.15, 0.2) is 0 Å². The van der Waals surface area contributed by atoms with E-state index >= 15 is 0 Å². The maximum Gasteiger partial charge on any atom is 0.141 e. The van der Waals surface area contributed by atoms with Crippen LogP contribution < -0.4 is 0 Å². The van der Waals surface area contributed by atoms with Crippen molar-refractivity contribution in [3.8, 4) is 29.2 Å². The number of piperidine rings is 3. The van der Waals surface area contributed by atoms with Gasteiger partial charge in [0.05, 0.1) is 5.69 Å². The highest BCUT2D eigenvalue weighted by atomic mass is 16.3. The lowest BCUT2D eigenvalue weighted by Gasteiger charge is -2.47. The Balaban J connectivity index is 1.51. The standard InChI is InChI=1S/C27H24N4O/c28-16-25-7-6-22(18-29-25)26-15-23(14-20-4-2-1-3-5-20)21(17-30-26)8-11-27(32)19-31-12-9-24(27)10-13-31/h1-7,15,17-18,24,32H,9-10,12-14,19H2. The van der Waals surface area contributed by atoms with E-state index in [-0.39, 0.29) is 5.92 Å². The van der Waals surface area contributed by atoms with E-state index in [4.69, 9.17) is 5.26 Å². The van der Waals surface area contributed by atoms with Gasteiger partial charge in [-0.3, -0.25) is 9.88 Å². The first-order valence-electron chi connectivity index (χ1n) is 11.0. The number of benzene rings is 1. The van der Waals surface area contributed by atoms with Crippen LogP contribution in [0.2, 0.25) is 0 Å². The van der Waals surface area contributed by atoms with Gasteiger partial charge < -0.3 is 5.11 Å². The summed E-state index contributed by atoms with van der Waals surface area (Å²) in [4.78, 5) is 11.1. The second-order valence-corrected chi connectivity index (χ2v) is 8.66. The molecule has 0 spiro atoms. The van der Waals surface area contributed by atoms with E-state index in [1.165, 1.54) is 5.56 Å². The molecule has 1 atom stereocenters. The fraction of sp³-hybridized carbons (Fsp3) is 0.296. The quantitative estimate of drug-likeness (QED) is 0.658. The highest BCUT2D eigenvalue weighted by Crippen LogP contribution is 2.35. The third-order valence-corrected chi connectivity index (χ3v) is 6.54. The van der Waals surface area contributed by atoms with Crippen molar-refractivity contribution in [2.75, 3.05) is 19.6 Å². The molecule has 0 amide bonds. The van der Waals surface area contributed by atoms with Gasteiger partial charge in [-0.15, -0.1) is 0 Å². The van der Waals surface area contributed by atoms with E-state index < -0.39 is 5.60 Å². The van der Waals surface area contributed by atoms with Crippen molar-refractivity contribution < 1.29 is 5.11 Å². The summed E-state index contributed by atoms with van der Waals surface area (Å²) in [6.45, 7) is 2.74. The van der Waals surface area contributed by atoms with Gasteiger partial charge in [-0.1, -0.05) is 42.2 Å². The molecule has 0 radical (unpaired) electrons. The number of pyridine rings is 2. The SMILES string of the molecule is N#Cc1ccc(-c2cc(Cc3ccccc3)c(C#CC3(O)CN4CCC3CC4)cn2)cn1. The van der Waals surface area contributed by atoms with E-state index in [1.54, 1.807) is 18.5 Å². The molecule has 3 aromatic rings. The first-order valence-corrected chi connectivity index (χ1v) is 11.0. The van der Waals surface area contributed by atoms with Crippen LogP contribution in [0.5, 0.6) is 0 Å². The average Bonchev–Trinajstić information content (AvgIpc) is 2.84. The Bertz CT molecular complexity index is 1210. The Kier molecular flexibility index (Phi) is 5.45. The van der Waals surface area contributed by atoms with Crippen molar-refractivity contribution in [3.05, 3.63) is 83.3 Å². The van der Waals surface area contributed by atoms with Gasteiger partial charge in [-0.05, 0) is 61.7 Å². The molecule has 2 aromatic heterocycles. The summed E-state index contributed by atoms with van der Waals surface area (Å²) in [7, 11) is 0. The topological polar surface area (TPSA) is 73.0 Å². The smallest absolute Gasteiger partial charge is 0.141 e. The number of hydrogen-bond donors (Lipinski definition) is 1. The molecule has 158 valence electrons. The molecule has 1 N–H and O–H groups in total. The van der Waals surface area contributed by atoms with Crippen molar-refractivity contribution in [2.45, 2.75) is 24.9 Å². The van der Waals surface area contributed by atoms with Crippen LogP contribution in [0.25, 0.3) is 11.3 Å². The lowest BCUT2D eigenvalue weighted by atomic mass is 9.75. The summed E-state index contributed by atoms with van der Waals surface area (Å²) in [5.41, 5.74) is 4.16.